The van der Waals surface area contributed by atoms with Crippen LogP contribution in [0.1, 0.15) is 24.3 Å². The summed E-state index contributed by atoms with van der Waals surface area (Å²) in [6.07, 6.45) is 4.74. The number of pyridine rings is 1. The van der Waals surface area contributed by atoms with E-state index in [0.29, 0.717) is 0 Å². The lowest BCUT2D eigenvalue weighted by Crippen LogP contribution is -2.37. The van der Waals surface area contributed by atoms with Crippen molar-refractivity contribution in [1.82, 2.24) is 4.98 Å². The van der Waals surface area contributed by atoms with Crippen molar-refractivity contribution >= 4 is 44.8 Å². The van der Waals surface area contributed by atoms with Gasteiger partial charge in [0.05, 0.1) is 13.8 Å². The van der Waals surface area contributed by atoms with Crippen LogP contribution < -0.4 is 5.19 Å². The molecular formula is C23H23NSSi. The van der Waals surface area contributed by atoms with Crippen LogP contribution in [0.15, 0.2) is 54.7 Å². The maximum Gasteiger partial charge on any atom is 0.0794 e. The Labute approximate surface area is 159 Å². The first-order valence-corrected chi connectivity index (χ1v) is 13.7. The molecule has 1 aliphatic rings. The highest BCUT2D eigenvalue weighted by Crippen LogP contribution is 2.42. The minimum absolute atomic E-state index is 0.760. The Morgan fingerprint density at radius 3 is 2.27 bits per heavy atom. The maximum absolute atomic E-state index is 4.82. The molecule has 1 aliphatic carbocycles. The highest BCUT2D eigenvalue weighted by Gasteiger charge is 2.24. The average Bonchev–Trinajstić information content (AvgIpc) is 3.41. The molecule has 3 heteroatoms. The average molecular weight is 374 g/mol. The van der Waals surface area contributed by atoms with Gasteiger partial charge in [0, 0.05) is 31.9 Å². The van der Waals surface area contributed by atoms with Crippen LogP contribution >= 0.6 is 11.3 Å². The van der Waals surface area contributed by atoms with Crippen molar-refractivity contribution in [2.75, 3.05) is 0 Å². The first-order chi connectivity index (χ1) is 12.5. The van der Waals surface area contributed by atoms with Crippen molar-refractivity contribution in [3.05, 3.63) is 60.3 Å². The fraction of sp³-hybridized carbons (Fsp3) is 0.261. The Hall–Kier alpha value is -1.97. The van der Waals surface area contributed by atoms with Crippen molar-refractivity contribution < 1.29 is 0 Å². The van der Waals surface area contributed by atoms with Gasteiger partial charge in [0.25, 0.3) is 0 Å². The Kier molecular flexibility index (Phi) is 3.60. The number of benzene rings is 2. The van der Waals surface area contributed by atoms with E-state index in [1.54, 1.807) is 5.19 Å². The van der Waals surface area contributed by atoms with E-state index in [1.165, 1.54) is 44.1 Å². The zero-order chi connectivity index (χ0) is 17.9. The maximum atomic E-state index is 4.82. The van der Waals surface area contributed by atoms with Crippen molar-refractivity contribution in [2.45, 2.75) is 38.4 Å². The summed E-state index contributed by atoms with van der Waals surface area (Å²) in [7, 11) is -1.38. The number of nitrogens with zero attached hydrogens (tertiary/aromatic N) is 1. The highest BCUT2D eigenvalue weighted by atomic mass is 32.1. The van der Waals surface area contributed by atoms with Crippen LogP contribution in [0.5, 0.6) is 0 Å². The van der Waals surface area contributed by atoms with Gasteiger partial charge in [-0.1, -0.05) is 62.1 Å². The first kappa shape index (κ1) is 16.2. The second-order valence-electron chi connectivity index (χ2n) is 8.47. The van der Waals surface area contributed by atoms with Gasteiger partial charge in [-0.2, -0.15) is 0 Å². The summed E-state index contributed by atoms with van der Waals surface area (Å²) in [5.74, 6) is 0.760. The number of fused-ring (bicyclic) bond motifs is 3. The summed E-state index contributed by atoms with van der Waals surface area (Å²) >= 11 is 1.95. The lowest BCUT2D eigenvalue weighted by molar-refractivity contribution is 1.10. The summed E-state index contributed by atoms with van der Waals surface area (Å²) in [6, 6.07) is 18.0. The van der Waals surface area contributed by atoms with Crippen LogP contribution in [0, 0.1) is 0 Å². The molecule has 130 valence electrons. The van der Waals surface area contributed by atoms with Gasteiger partial charge in [-0.05, 0) is 35.6 Å². The number of thiophene rings is 1. The monoisotopic (exact) mass is 373 g/mol. The lowest BCUT2D eigenvalue weighted by Gasteiger charge is -2.17. The highest BCUT2D eigenvalue weighted by molar-refractivity contribution is 7.28. The molecule has 0 amide bonds. The topological polar surface area (TPSA) is 12.9 Å². The van der Waals surface area contributed by atoms with Gasteiger partial charge >= 0.3 is 0 Å². The number of hydrogen-bond donors (Lipinski definition) is 0. The fourth-order valence-corrected chi connectivity index (χ4v) is 7.56. The molecule has 1 fully saturated rings. The Balaban J connectivity index is 1.73. The summed E-state index contributed by atoms with van der Waals surface area (Å²) in [4.78, 5) is 4.82. The van der Waals surface area contributed by atoms with E-state index in [-0.39, 0.29) is 0 Å². The molecule has 5 rings (SSSR count). The van der Waals surface area contributed by atoms with Gasteiger partial charge < -0.3 is 0 Å². The molecule has 2 aromatic heterocycles. The van der Waals surface area contributed by atoms with E-state index in [4.69, 9.17) is 4.98 Å². The molecule has 4 aromatic rings. The van der Waals surface area contributed by atoms with Crippen molar-refractivity contribution in [3.8, 4) is 11.3 Å². The minimum atomic E-state index is -1.38. The zero-order valence-electron chi connectivity index (χ0n) is 15.5. The van der Waals surface area contributed by atoms with Crippen LogP contribution in [-0.4, -0.2) is 13.1 Å². The second kappa shape index (κ2) is 5.76. The molecule has 0 radical (unpaired) electrons. The van der Waals surface area contributed by atoms with Gasteiger partial charge in [-0.3, -0.25) is 4.98 Å². The first-order valence-electron chi connectivity index (χ1n) is 9.43. The van der Waals surface area contributed by atoms with E-state index in [1.807, 2.05) is 11.3 Å². The fourth-order valence-electron chi connectivity index (χ4n) is 3.84. The third-order valence-electron chi connectivity index (χ3n) is 5.44. The largest absolute Gasteiger partial charge is 0.256 e. The molecule has 0 bridgehead atoms. The molecule has 0 N–H and O–H groups in total. The van der Waals surface area contributed by atoms with Crippen LogP contribution in [0.4, 0.5) is 0 Å². The Morgan fingerprint density at radius 2 is 1.62 bits per heavy atom. The van der Waals surface area contributed by atoms with E-state index in [0.717, 1.165) is 11.6 Å². The molecular weight excluding hydrogens is 350 g/mol. The molecule has 2 heterocycles. The quantitative estimate of drug-likeness (QED) is 0.372. The Morgan fingerprint density at radius 1 is 0.885 bits per heavy atom. The van der Waals surface area contributed by atoms with Crippen molar-refractivity contribution in [2.24, 2.45) is 0 Å². The molecule has 26 heavy (non-hydrogen) atoms. The molecule has 1 saturated carbocycles. The summed E-state index contributed by atoms with van der Waals surface area (Å²) in [6.45, 7) is 7.31. The standard InChI is InChI=1S/C23H23NSSi/c1-26(2,3)21-9-5-7-18-17-6-4-8-19(22(17)25-23(18)21)20-13-12-16(14-24-20)15-10-11-15/h4-9,12-15H,10-11H2,1-3H3. The van der Waals surface area contributed by atoms with E-state index in [9.17, 15) is 0 Å². The zero-order valence-corrected chi connectivity index (χ0v) is 17.4. The summed E-state index contributed by atoms with van der Waals surface area (Å²) in [5.41, 5.74) is 3.77. The van der Waals surface area contributed by atoms with Crippen molar-refractivity contribution in [1.29, 1.82) is 0 Å². The van der Waals surface area contributed by atoms with Crippen LogP contribution in [0.3, 0.4) is 0 Å². The molecule has 0 unspecified atom stereocenters. The summed E-state index contributed by atoms with van der Waals surface area (Å²) in [5, 5.41) is 4.34. The normalized spacial score (nSPS) is 15.0. The van der Waals surface area contributed by atoms with E-state index in [2.05, 4.69) is 74.4 Å². The van der Waals surface area contributed by atoms with Crippen molar-refractivity contribution in [3.63, 3.8) is 0 Å². The molecule has 0 saturated heterocycles. The molecule has 0 aliphatic heterocycles. The van der Waals surface area contributed by atoms with Crippen LogP contribution in [0.25, 0.3) is 31.4 Å². The van der Waals surface area contributed by atoms with Gasteiger partial charge in [0.1, 0.15) is 0 Å². The molecule has 2 aromatic carbocycles. The van der Waals surface area contributed by atoms with E-state index < -0.39 is 8.07 Å². The molecule has 0 atom stereocenters. The Bertz CT molecular complexity index is 1110. The number of aromatic nitrogens is 1. The van der Waals surface area contributed by atoms with E-state index >= 15 is 0 Å². The van der Waals surface area contributed by atoms with Gasteiger partial charge in [0.2, 0.25) is 0 Å². The second-order valence-corrected chi connectivity index (χ2v) is 14.5. The smallest absolute Gasteiger partial charge is 0.0794 e. The predicted molar refractivity (Wildman–Crippen MR) is 118 cm³/mol. The molecule has 0 spiro atoms. The van der Waals surface area contributed by atoms with Crippen LogP contribution in [-0.2, 0) is 0 Å². The van der Waals surface area contributed by atoms with Crippen LogP contribution in [0.2, 0.25) is 19.6 Å². The SMILES string of the molecule is C[Si](C)(C)c1cccc2c1sc1c(-c3ccc(C4CC4)cn3)cccc12. The third kappa shape index (κ3) is 2.61. The van der Waals surface area contributed by atoms with Gasteiger partial charge in [-0.25, -0.2) is 0 Å². The molecule has 1 nitrogen and oxygen atoms in total. The number of hydrogen-bond acceptors (Lipinski definition) is 2. The summed E-state index contributed by atoms with van der Waals surface area (Å²) < 4.78 is 2.85. The third-order valence-corrected chi connectivity index (χ3v) is 8.95. The van der Waals surface area contributed by atoms with Gasteiger partial charge in [0.15, 0.2) is 0 Å². The predicted octanol–water partition coefficient (Wildman–Crippen LogP) is 6.54. The van der Waals surface area contributed by atoms with Gasteiger partial charge in [-0.15, -0.1) is 11.3 Å². The number of rotatable bonds is 3. The minimum Gasteiger partial charge on any atom is -0.256 e. The lowest BCUT2D eigenvalue weighted by atomic mass is 10.1.